The van der Waals surface area contributed by atoms with Crippen LogP contribution in [0.15, 0.2) is 0 Å². The molecule has 0 aromatic carbocycles. The smallest absolute Gasteiger partial charge is 0.0300 e. The molecule has 0 radical (unpaired) electrons. The first kappa shape index (κ1) is 9.26. The summed E-state index contributed by atoms with van der Waals surface area (Å²) in [4.78, 5) is 0. The number of rotatable bonds is 0. The van der Waals surface area contributed by atoms with Gasteiger partial charge in [-0.1, -0.05) is 54.7 Å². The third-order valence-corrected chi connectivity index (χ3v) is 7.71. The monoisotopic (exact) mass is 202 g/mol. The molecule has 2 heteroatoms. The molecule has 1 spiro atoms. The van der Waals surface area contributed by atoms with Crippen molar-refractivity contribution in [1.29, 1.82) is 0 Å². The second-order valence-corrected chi connectivity index (χ2v) is 7.29. The van der Waals surface area contributed by atoms with Crippen molar-refractivity contribution in [3.05, 3.63) is 0 Å². The molecule has 2 fully saturated rings. The van der Waals surface area contributed by atoms with Crippen molar-refractivity contribution >= 4 is 21.6 Å². The first-order valence-corrected chi connectivity index (χ1v) is 7.30. The molecular weight excluding hydrogens is 184 g/mol. The van der Waals surface area contributed by atoms with Gasteiger partial charge >= 0.3 is 0 Å². The van der Waals surface area contributed by atoms with E-state index in [9.17, 15) is 0 Å². The third kappa shape index (κ3) is 1.41. The zero-order chi connectivity index (χ0) is 8.60. The molecule has 1 saturated carbocycles. The standard InChI is InChI=1S/C10H18S2/c1-8-9(2)11-12-10(8)6-4-3-5-7-10/h8-9H,3-7H2,1-2H3/t8-,9+/m0/s1. The van der Waals surface area contributed by atoms with Gasteiger partial charge in [0, 0.05) is 10.00 Å². The Morgan fingerprint density at radius 3 is 2.25 bits per heavy atom. The predicted molar refractivity (Wildman–Crippen MR) is 59.6 cm³/mol. The second kappa shape index (κ2) is 3.45. The fourth-order valence-electron chi connectivity index (χ4n) is 2.45. The van der Waals surface area contributed by atoms with Crippen molar-refractivity contribution in [3.63, 3.8) is 0 Å². The molecule has 2 rings (SSSR count). The van der Waals surface area contributed by atoms with Gasteiger partial charge in [-0.3, -0.25) is 0 Å². The Bertz CT molecular complexity index is 156. The largest absolute Gasteiger partial charge is 0.0901 e. The van der Waals surface area contributed by atoms with Crippen molar-refractivity contribution in [2.45, 2.75) is 55.9 Å². The molecule has 0 aromatic rings. The fourth-order valence-corrected chi connectivity index (χ4v) is 6.60. The average molecular weight is 202 g/mol. The van der Waals surface area contributed by atoms with E-state index in [1.165, 1.54) is 32.1 Å². The summed E-state index contributed by atoms with van der Waals surface area (Å²) in [5.74, 6) is 0.938. The molecule has 0 bridgehead atoms. The van der Waals surface area contributed by atoms with E-state index in [1.54, 1.807) is 0 Å². The molecule has 1 aliphatic carbocycles. The minimum atomic E-state index is 0.683. The van der Waals surface area contributed by atoms with E-state index < -0.39 is 0 Å². The van der Waals surface area contributed by atoms with Gasteiger partial charge in [-0.15, -0.1) is 0 Å². The summed E-state index contributed by atoms with van der Waals surface area (Å²) in [7, 11) is 4.33. The maximum atomic E-state index is 2.46. The molecule has 0 nitrogen and oxygen atoms in total. The van der Waals surface area contributed by atoms with Crippen LogP contribution >= 0.6 is 21.6 Å². The number of hydrogen-bond donors (Lipinski definition) is 0. The van der Waals surface area contributed by atoms with Gasteiger partial charge in [0.2, 0.25) is 0 Å². The van der Waals surface area contributed by atoms with Crippen LogP contribution in [0.5, 0.6) is 0 Å². The first-order chi connectivity index (χ1) is 5.75. The Kier molecular flexibility index (Phi) is 2.66. The zero-order valence-electron chi connectivity index (χ0n) is 8.01. The maximum Gasteiger partial charge on any atom is 0.0300 e. The van der Waals surface area contributed by atoms with Gasteiger partial charge in [0.15, 0.2) is 0 Å². The van der Waals surface area contributed by atoms with E-state index >= 15 is 0 Å². The van der Waals surface area contributed by atoms with E-state index in [0.29, 0.717) is 4.75 Å². The summed E-state index contributed by atoms with van der Waals surface area (Å²) in [6.07, 6.45) is 7.40. The molecule has 0 unspecified atom stereocenters. The van der Waals surface area contributed by atoms with Gasteiger partial charge in [-0.05, 0) is 18.8 Å². The molecule has 70 valence electrons. The Morgan fingerprint density at radius 1 is 1.08 bits per heavy atom. The number of hydrogen-bond acceptors (Lipinski definition) is 2. The minimum absolute atomic E-state index is 0.683. The van der Waals surface area contributed by atoms with Gasteiger partial charge in [-0.25, -0.2) is 0 Å². The molecule has 12 heavy (non-hydrogen) atoms. The van der Waals surface area contributed by atoms with Gasteiger partial charge < -0.3 is 0 Å². The summed E-state index contributed by atoms with van der Waals surface area (Å²) in [6.45, 7) is 4.86. The highest BCUT2D eigenvalue weighted by Gasteiger charge is 2.45. The van der Waals surface area contributed by atoms with E-state index in [1.807, 2.05) is 0 Å². The van der Waals surface area contributed by atoms with E-state index in [4.69, 9.17) is 0 Å². The van der Waals surface area contributed by atoms with E-state index in [2.05, 4.69) is 35.4 Å². The lowest BCUT2D eigenvalue weighted by Crippen LogP contribution is -2.34. The van der Waals surface area contributed by atoms with Crippen LogP contribution < -0.4 is 0 Å². The van der Waals surface area contributed by atoms with Crippen molar-refractivity contribution in [1.82, 2.24) is 0 Å². The summed E-state index contributed by atoms with van der Waals surface area (Å²) in [5.41, 5.74) is 0. The van der Waals surface area contributed by atoms with Crippen LogP contribution in [0.3, 0.4) is 0 Å². The Morgan fingerprint density at radius 2 is 1.75 bits per heavy atom. The summed E-state index contributed by atoms with van der Waals surface area (Å²) < 4.78 is 0.683. The van der Waals surface area contributed by atoms with Crippen LogP contribution in [0, 0.1) is 5.92 Å². The van der Waals surface area contributed by atoms with Crippen LogP contribution in [0.25, 0.3) is 0 Å². The lowest BCUT2D eigenvalue weighted by atomic mass is 9.78. The Hall–Kier alpha value is 0.700. The maximum absolute atomic E-state index is 2.46. The van der Waals surface area contributed by atoms with Gasteiger partial charge in [-0.2, -0.15) is 0 Å². The SMILES string of the molecule is C[C@H]1SSC2(CCCCC2)[C@H]1C. The lowest BCUT2D eigenvalue weighted by molar-refractivity contribution is 0.309. The van der Waals surface area contributed by atoms with Crippen LogP contribution in [0.1, 0.15) is 46.0 Å². The van der Waals surface area contributed by atoms with Crippen LogP contribution in [-0.4, -0.2) is 10.00 Å². The van der Waals surface area contributed by atoms with Crippen molar-refractivity contribution in [2.24, 2.45) is 5.92 Å². The highest BCUT2D eigenvalue weighted by atomic mass is 33.1. The summed E-state index contributed by atoms with van der Waals surface area (Å²) >= 11 is 0. The highest BCUT2D eigenvalue weighted by Crippen LogP contribution is 2.60. The van der Waals surface area contributed by atoms with Crippen LogP contribution in [-0.2, 0) is 0 Å². The summed E-state index contributed by atoms with van der Waals surface area (Å²) in [6, 6.07) is 0. The highest BCUT2D eigenvalue weighted by molar-refractivity contribution is 8.77. The zero-order valence-corrected chi connectivity index (χ0v) is 9.64. The van der Waals surface area contributed by atoms with Crippen molar-refractivity contribution in [3.8, 4) is 0 Å². The van der Waals surface area contributed by atoms with Crippen molar-refractivity contribution < 1.29 is 0 Å². The molecule has 1 heterocycles. The normalized spacial score (nSPS) is 40.5. The topological polar surface area (TPSA) is 0 Å². The molecule has 2 atom stereocenters. The lowest BCUT2D eigenvalue weighted by Gasteiger charge is -2.36. The Balaban J connectivity index is 2.09. The molecular formula is C10H18S2. The van der Waals surface area contributed by atoms with Crippen LogP contribution in [0.4, 0.5) is 0 Å². The van der Waals surface area contributed by atoms with Gasteiger partial charge in [0.05, 0.1) is 0 Å². The Labute approximate surface area is 83.7 Å². The van der Waals surface area contributed by atoms with Crippen molar-refractivity contribution in [2.75, 3.05) is 0 Å². The quantitative estimate of drug-likeness (QED) is 0.542. The van der Waals surface area contributed by atoms with E-state index in [-0.39, 0.29) is 0 Å². The van der Waals surface area contributed by atoms with Gasteiger partial charge in [0.25, 0.3) is 0 Å². The molecule has 2 aliphatic rings. The second-order valence-electron chi connectivity index (χ2n) is 4.30. The molecule has 1 aliphatic heterocycles. The first-order valence-electron chi connectivity index (χ1n) is 5.09. The van der Waals surface area contributed by atoms with E-state index in [0.717, 1.165) is 11.2 Å². The predicted octanol–water partition coefficient (Wildman–Crippen LogP) is 4.11. The molecule has 0 amide bonds. The minimum Gasteiger partial charge on any atom is -0.0901 e. The fraction of sp³-hybridized carbons (Fsp3) is 1.00. The van der Waals surface area contributed by atoms with Crippen LogP contribution in [0.2, 0.25) is 0 Å². The molecule has 0 N–H and O–H groups in total. The molecule has 1 saturated heterocycles. The average Bonchev–Trinajstić information content (AvgIpc) is 2.37. The van der Waals surface area contributed by atoms with Gasteiger partial charge in [0.1, 0.15) is 0 Å². The summed E-state index contributed by atoms with van der Waals surface area (Å²) in [5, 5.41) is 0.882. The third-order valence-electron chi connectivity index (χ3n) is 3.60. The molecule has 0 aromatic heterocycles.